The first kappa shape index (κ1) is 23.8. The Kier molecular flexibility index (Phi) is 7.89. The zero-order chi connectivity index (χ0) is 23.3. The number of aliphatic hydroxyl groups excluding tert-OH is 2. The molecule has 3 rings (SSSR count). The van der Waals surface area contributed by atoms with Crippen LogP contribution in [0.25, 0.3) is 22.8 Å². The van der Waals surface area contributed by atoms with Gasteiger partial charge in [0.25, 0.3) is 5.89 Å². The lowest BCUT2D eigenvalue weighted by Gasteiger charge is -2.21. The maximum Gasteiger partial charge on any atom is 0.259 e. The number of halogens is 1. The molecule has 0 saturated heterocycles. The van der Waals surface area contributed by atoms with E-state index < -0.39 is 12.7 Å². The van der Waals surface area contributed by atoms with Crippen LogP contribution < -0.4 is 14.4 Å². The number of nitrogens with zero attached hydrogens (tertiary/aromatic N) is 4. The predicted octanol–water partition coefficient (Wildman–Crippen LogP) is 3.35. The highest BCUT2D eigenvalue weighted by atomic mass is 35.5. The summed E-state index contributed by atoms with van der Waals surface area (Å²) in [4.78, 5) is 11.2. The van der Waals surface area contributed by atoms with Crippen LogP contribution in [0, 0.1) is 6.92 Å². The first-order valence-corrected chi connectivity index (χ1v) is 10.6. The second kappa shape index (κ2) is 10.6. The summed E-state index contributed by atoms with van der Waals surface area (Å²) >= 11 is 6.36. The molecule has 0 unspecified atom stereocenters. The molecule has 32 heavy (non-hydrogen) atoms. The van der Waals surface area contributed by atoms with Crippen molar-refractivity contribution in [1.29, 1.82) is 0 Å². The minimum Gasteiger partial charge on any atom is -0.493 e. The first-order chi connectivity index (χ1) is 15.4. The molecular weight excluding hydrogens is 436 g/mol. The molecular formula is C22H27ClN4O5. The Hall–Kier alpha value is -2.88. The number of benzene rings is 1. The second-order valence-corrected chi connectivity index (χ2v) is 7.50. The van der Waals surface area contributed by atoms with Crippen LogP contribution in [-0.2, 0) is 0 Å². The lowest BCUT2D eigenvalue weighted by Crippen LogP contribution is -2.23. The van der Waals surface area contributed by atoms with Crippen LogP contribution in [0.3, 0.4) is 0 Å². The van der Waals surface area contributed by atoms with E-state index in [0.717, 1.165) is 24.5 Å². The van der Waals surface area contributed by atoms with E-state index in [-0.39, 0.29) is 17.4 Å². The molecule has 0 bridgehead atoms. The van der Waals surface area contributed by atoms with Crippen molar-refractivity contribution in [3.63, 3.8) is 0 Å². The van der Waals surface area contributed by atoms with E-state index in [1.807, 2.05) is 13.0 Å². The average Bonchev–Trinajstić information content (AvgIpc) is 3.29. The molecule has 172 valence electrons. The van der Waals surface area contributed by atoms with Crippen molar-refractivity contribution in [2.75, 3.05) is 38.3 Å². The number of hydrogen-bond acceptors (Lipinski definition) is 9. The summed E-state index contributed by atoms with van der Waals surface area (Å²) in [5.74, 6) is 2.18. The minimum absolute atomic E-state index is 0.131. The predicted molar refractivity (Wildman–Crippen MR) is 121 cm³/mol. The third kappa shape index (κ3) is 5.12. The van der Waals surface area contributed by atoms with Gasteiger partial charge in [0.15, 0.2) is 11.5 Å². The average molecular weight is 463 g/mol. The van der Waals surface area contributed by atoms with Gasteiger partial charge < -0.3 is 29.1 Å². The van der Waals surface area contributed by atoms with Crippen LogP contribution in [0.1, 0.15) is 19.4 Å². The monoisotopic (exact) mass is 462 g/mol. The SMILES string of the molecule is CCN(CC)c1ncc(-c2nc(-c3cc(Cl)c(OC[C@@H](O)CO)c(OC)c3)no2)cc1C. The quantitative estimate of drug-likeness (QED) is 0.468. The smallest absolute Gasteiger partial charge is 0.259 e. The van der Waals surface area contributed by atoms with E-state index >= 15 is 0 Å². The van der Waals surface area contributed by atoms with Crippen molar-refractivity contribution >= 4 is 17.4 Å². The third-order valence-corrected chi connectivity index (χ3v) is 5.19. The number of anilines is 1. The van der Waals surface area contributed by atoms with Crippen molar-refractivity contribution in [2.24, 2.45) is 0 Å². The molecule has 9 nitrogen and oxygen atoms in total. The molecule has 2 heterocycles. The van der Waals surface area contributed by atoms with Gasteiger partial charge in [-0.15, -0.1) is 0 Å². The van der Waals surface area contributed by atoms with Gasteiger partial charge in [-0.2, -0.15) is 4.98 Å². The van der Waals surface area contributed by atoms with Gasteiger partial charge in [0.1, 0.15) is 18.5 Å². The molecule has 2 aromatic heterocycles. The summed E-state index contributed by atoms with van der Waals surface area (Å²) in [7, 11) is 1.47. The van der Waals surface area contributed by atoms with Crippen LogP contribution in [0.2, 0.25) is 5.02 Å². The van der Waals surface area contributed by atoms with Gasteiger partial charge in [0, 0.05) is 24.8 Å². The lowest BCUT2D eigenvalue weighted by atomic mass is 10.1. The number of pyridine rings is 1. The van der Waals surface area contributed by atoms with E-state index in [1.54, 1.807) is 18.3 Å². The Balaban J connectivity index is 1.88. The number of hydrogen-bond donors (Lipinski definition) is 2. The summed E-state index contributed by atoms with van der Waals surface area (Å²) in [5.41, 5.74) is 2.30. The number of aryl methyl sites for hydroxylation is 1. The van der Waals surface area contributed by atoms with Crippen LogP contribution in [0.15, 0.2) is 28.9 Å². The molecule has 10 heteroatoms. The van der Waals surface area contributed by atoms with Gasteiger partial charge in [-0.05, 0) is 44.5 Å². The van der Waals surface area contributed by atoms with E-state index in [9.17, 15) is 5.11 Å². The van der Waals surface area contributed by atoms with Crippen LogP contribution in [0.4, 0.5) is 5.82 Å². The number of rotatable bonds is 10. The topological polar surface area (TPSA) is 114 Å². The van der Waals surface area contributed by atoms with Crippen LogP contribution in [0.5, 0.6) is 11.5 Å². The van der Waals surface area contributed by atoms with Crippen molar-refractivity contribution in [3.05, 3.63) is 35.0 Å². The Morgan fingerprint density at radius 2 is 1.94 bits per heavy atom. The van der Waals surface area contributed by atoms with E-state index in [1.165, 1.54) is 7.11 Å². The van der Waals surface area contributed by atoms with Crippen molar-refractivity contribution in [1.82, 2.24) is 15.1 Å². The van der Waals surface area contributed by atoms with Crippen molar-refractivity contribution < 1.29 is 24.2 Å². The fraction of sp³-hybridized carbons (Fsp3) is 0.409. The summed E-state index contributed by atoms with van der Waals surface area (Å²) in [5, 5.41) is 22.8. The van der Waals surface area contributed by atoms with Crippen LogP contribution in [-0.4, -0.2) is 64.9 Å². The second-order valence-electron chi connectivity index (χ2n) is 7.10. The van der Waals surface area contributed by atoms with Gasteiger partial charge in [-0.1, -0.05) is 16.8 Å². The Labute approximate surface area is 191 Å². The molecule has 0 aliphatic rings. The molecule has 0 amide bonds. The van der Waals surface area contributed by atoms with Crippen molar-refractivity contribution in [2.45, 2.75) is 26.9 Å². The first-order valence-electron chi connectivity index (χ1n) is 10.3. The normalized spacial score (nSPS) is 12.0. The fourth-order valence-corrected chi connectivity index (χ4v) is 3.48. The van der Waals surface area contributed by atoms with E-state index in [2.05, 4.69) is 33.9 Å². The van der Waals surface area contributed by atoms with Gasteiger partial charge >= 0.3 is 0 Å². The largest absolute Gasteiger partial charge is 0.493 e. The summed E-state index contributed by atoms with van der Waals surface area (Å²) in [6, 6.07) is 5.25. The van der Waals surface area contributed by atoms with Crippen LogP contribution >= 0.6 is 11.6 Å². The highest BCUT2D eigenvalue weighted by molar-refractivity contribution is 6.32. The number of aromatic nitrogens is 3. The molecule has 3 aromatic rings. The molecule has 1 atom stereocenters. The number of aliphatic hydroxyl groups is 2. The molecule has 0 aliphatic heterocycles. The number of methoxy groups -OCH3 is 1. The maximum absolute atomic E-state index is 9.51. The Bertz CT molecular complexity index is 1050. The zero-order valence-corrected chi connectivity index (χ0v) is 19.3. The lowest BCUT2D eigenvalue weighted by molar-refractivity contribution is 0.0528. The molecule has 2 N–H and O–H groups in total. The molecule has 0 spiro atoms. The molecule has 1 aromatic carbocycles. The Morgan fingerprint density at radius 3 is 2.56 bits per heavy atom. The van der Waals surface area contributed by atoms with E-state index in [4.69, 9.17) is 30.7 Å². The third-order valence-electron chi connectivity index (χ3n) is 4.91. The minimum atomic E-state index is -1.03. The molecule has 0 saturated carbocycles. The van der Waals surface area contributed by atoms with Gasteiger partial charge in [0.05, 0.1) is 24.3 Å². The van der Waals surface area contributed by atoms with Gasteiger partial charge in [0.2, 0.25) is 5.82 Å². The standard InChI is InChI=1S/C22H27ClN4O5/c1-5-27(6-2)21-13(3)7-15(10-24-21)22-25-20(26-32-22)14-8-17(23)19(18(9-14)30-4)31-12-16(29)11-28/h7-10,16,28-29H,5-6,11-12H2,1-4H3/t16-/m0/s1. The van der Waals surface area contributed by atoms with E-state index in [0.29, 0.717) is 28.6 Å². The molecule has 0 fully saturated rings. The summed E-state index contributed by atoms with van der Waals surface area (Å²) in [6.07, 6.45) is 0.690. The highest BCUT2D eigenvalue weighted by Crippen LogP contribution is 2.39. The highest BCUT2D eigenvalue weighted by Gasteiger charge is 2.19. The summed E-state index contributed by atoms with van der Waals surface area (Å²) in [6.45, 7) is 7.37. The zero-order valence-electron chi connectivity index (χ0n) is 18.5. The molecule has 0 radical (unpaired) electrons. The maximum atomic E-state index is 9.51. The number of ether oxygens (including phenoxy) is 2. The summed E-state index contributed by atoms with van der Waals surface area (Å²) < 4.78 is 16.3. The van der Waals surface area contributed by atoms with Crippen molar-refractivity contribution in [3.8, 4) is 34.3 Å². The Morgan fingerprint density at radius 1 is 1.19 bits per heavy atom. The molecule has 0 aliphatic carbocycles. The van der Waals surface area contributed by atoms with Gasteiger partial charge in [-0.25, -0.2) is 4.98 Å². The van der Waals surface area contributed by atoms with Gasteiger partial charge in [-0.3, -0.25) is 0 Å². The fourth-order valence-electron chi connectivity index (χ4n) is 3.22.